The maximum atomic E-state index is 13.7. The van der Waals surface area contributed by atoms with Crippen LogP contribution in [0.15, 0.2) is 42.5 Å². The molecule has 1 aliphatic rings. The van der Waals surface area contributed by atoms with E-state index in [-0.39, 0.29) is 45.3 Å². The van der Waals surface area contributed by atoms with Crippen LogP contribution >= 0.6 is 11.6 Å². The van der Waals surface area contributed by atoms with Crippen LogP contribution in [0, 0.1) is 0 Å². The Morgan fingerprint density at radius 2 is 1.81 bits per heavy atom. The highest BCUT2D eigenvalue weighted by atomic mass is 35.5. The number of carboxylic acids is 1. The van der Waals surface area contributed by atoms with E-state index in [0.29, 0.717) is 23.8 Å². The molecule has 0 aromatic heterocycles. The maximum Gasteiger partial charge on any atom is 0.387 e. The molecule has 0 spiro atoms. The lowest BCUT2D eigenvalue weighted by molar-refractivity contribution is -0.138. The molecule has 0 aliphatic carbocycles. The number of carbonyl (C=O) groups is 2. The summed E-state index contributed by atoms with van der Waals surface area (Å²) in [5.41, 5.74) is 0.268. The van der Waals surface area contributed by atoms with Gasteiger partial charge in [-0.2, -0.15) is 8.78 Å². The molecule has 7 nitrogen and oxygen atoms in total. The molecule has 2 N–H and O–H groups in total. The summed E-state index contributed by atoms with van der Waals surface area (Å²) in [6.45, 7) is 0.638. The topological polar surface area (TPSA) is 96.3 Å². The van der Waals surface area contributed by atoms with Crippen molar-refractivity contribution in [3.8, 4) is 11.5 Å². The Hall–Kier alpha value is -3.43. The number of nitrogens with zero attached hydrogens (tertiary/aromatic N) is 1. The van der Waals surface area contributed by atoms with Gasteiger partial charge in [0.05, 0.1) is 34.4 Å². The lowest BCUT2D eigenvalue weighted by Gasteiger charge is -2.23. The molecule has 36 heavy (non-hydrogen) atoms. The third-order valence-electron chi connectivity index (χ3n) is 6.09. The number of benzene rings is 3. The molecular weight excluding hydrogens is 496 g/mol. The Morgan fingerprint density at radius 3 is 2.36 bits per heavy atom. The van der Waals surface area contributed by atoms with E-state index >= 15 is 0 Å². The molecule has 4 rings (SSSR count). The van der Waals surface area contributed by atoms with Crippen LogP contribution in [0.5, 0.6) is 11.5 Å². The summed E-state index contributed by atoms with van der Waals surface area (Å²) in [6, 6.07) is 10.8. The first-order valence-electron chi connectivity index (χ1n) is 11.4. The summed E-state index contributed by atoms with van der Waals surface area (Å²) >= 11 is 6.46. The van der Waals surface area contributed by atoms with Crippen molar-refractivity contribution >= 4 is 39.9 Å². The fraction of sp³-hybridized carbons (Fsp3) is 0.308. The Morgan fingerprint density at radius 1 is 1.14 bits per heavy atom. The first-order chi connectivity index (χ1) is 17.2. The number of halogens is 3. The van der Waals surface area contributed by atoms with Gasteiger partial charge in [0.25, 0.3) is 5.91 Å². The van der Waals surface area contributed by atoms with Crippen molar-refractivity contribution in [3.05, 3.63) is 64.2 Å². The Balaban J connectivity index is 1.92. The molecule has 0 saturated carbocycles. The van der Waals surface area contributed by atoms with Crippen LogP contribution in [0.25, 0.3) is 10.8 Å². The zero-order chi connectivity index (χ0) is 26.1. The van der Waals surface area contributed by atoms with Crippen molar-refractivity contribution in [1.82, 2.24) is 0 Å². The van der Waals surface area contributed by atoms with E-state index in [2.05, 4.69) is 0 Å². The molecule has 10 heteroatoms. The average Bonchev–Trinajstić information content (AvgIpc) is 3.09. The monoisotopic (exact) mass is 519 g/mol. The molecule has 2 unspecified atom stereocenters. The van der Waals surface area contributed by atoms with Gasteiger partial charge in [-0.1, -0.05) is 55.8 Å². The van der Waals surface area contributed by atoms with Crippen LogP contribution in [0.2, 0.25) is 5.02 Å². The standard InChI is InChI=1S/C26H24ClF2NO6/c1-3-11-35-21-15-7-5-6-8-16(15)22(36-26(28)29)20-19(21)23(31)30(24(20)32)18-10-9-13(12-17(18)27)14(4-2)25(33)34/h5-10,12,14,24,26,32H,3-4,11H2,1-2H3,(H,33,34). The van der Waals surface area contributed by atoms with Crippen LogP contribution < -0.4 is 14.4 Å². The van der Waals surface area contributed by atoms with Crippen LogP contribution in [0.1, 0.15) is 60.3 Å². The van der Waals surface area contributed by atoms with Gasteiger partial charge in [0.1, 0.15) is 11.5 Å². The van der Waals surface area contributed by atoms with Crippen LogP contribution in [0.4, 0.5) is 14.5 Å². The zero-order valence-electron chi connectivity index (χ0n) is 19.5. The number of aliphatic hydroxyl groups excluding tert-OH is 1. The van der Waals surface area contributed by atoms with Crippen molar-refractivity contribution in [2.45, 2.75) is 45.4 Å². The molecule has 0 saturated heterocycles. The number of hydrogen-bond acceptors (Lipinski definition) is 5. The van der Waals surface area contributed by atoms with Gasteiger partial charge in [-0.05, 0) is 30.5 Å². The molecule has 2 atom stereocenters. The van der Waals surface area contributed by atoms with Gasteiger partial charge in [-0.25, -0.2) is 0 Å². The summed E-state index contributed by atoms with van der Waals surface area (Å²) in [6.07, 6.45) is -0.769. The van der Waals surface area contributed by atoms with Gasteiger partial charge in [0.15, 0.2) is 6.23 Å². The van der Waals surface area contributed by atoms with Crippen molar-refractivity contribution < 1.29 is 38.1 Å². The summed E-state index contributed by atoms with van der Waals surface area (Å²) in [5, 5.41) is 21.4. The third-order valence-corrected chi connectivity index (χ3v) is 6.39. The van der Waals surface area contributed by atoms with E-state index in [1.165, 1.54) is 18.2 Å². The second-order valence-corrected chi connectivity index (χ2v) is 8.69. The molecular formula is C26H24ClF2NO6. The Kier molecular flexibility index (Phi) is 7.33. The molecule has 1 aliphatic heterocycles. The number of amides is 1. The van der Waals surface area contributed by atoms with Gasteiger partial charge >= 0.3 is 12.6 Å². The number of anilines is 1. The lowest BCUT2D eigenvalue weighted by atomic mass is 9.96. The van der Waals surface area contributed by atoms with E-state index in [4.69, 9.17) is 21.1 Å². The Bertz CT molecular complexity index is 1330. The van der Waals surface area contributed by atoms with Gasteiger partial charge in [-0.15, -0.1) is 0 Å². The second kappa shape index (κ2) is 10.3. The largest absolute Gasteiger partial charge is 0.492 e. The molecule has 190 valence electrons. The van der Waals surface area contributed by atoms with E-state index < -0.39 is 30.6 Å². The first kappa shape index (κ1) is 25.7. The minimum atomic E-state index is -3.21. The lowest BCUT2D eigenvalue weighted by Crippen LogP contribution is -2.28. The third kappa shape index (κ3) is 4.33. The summed E-state index contributed by atoms with van der Waals surface area (Å²) in [4.78, 5) is 26.2. The normalized spacial score (nSPS) is 15.9. The highest BCUT2D eigenvalue weighted by Gasteiger charge is 2.44. The summed E-state index contributed by atoms with van der Waals surface area (Å²) in [5.74, 6) is -2.72. The van der Waals surface area contributed by atoms with Gasteiger partial charge in [-0.3, -0.25) is 14.5 Å². The fourth-order valence-corrected chi connectivity index (χ4v) is 4.79. The number of carbonyl (C=O) groups excluding carboxylic acids is 1. The molecule has 0 fully saturated rings. The molecule has 3 aromatic carbocycles. The fourth-order valence-electron chi connectivity index (χ4n) is 4.51. The Labute approximate surface area is 210 Å². The van der Waals surface area contributed by atoms with Crippen molar-refractivity contribution in [2.75, 3.05) is 11.5 Å². The van der Waals surface area contributed by atoms with Crippen molar-refractivity contribution in [1.29, 1.82) is 0 Å². The predicted molar refractivity (Wildman–Crippen MR) is 130 cm³/mol. The number of alkyl halides is 2. The van der Waals surface area contributed by atoms with Crippen LogP contribution in [0.3, 0.4) is 0 Å². The number of carboxylic acid groups (broad SMARTS) is 1. The van der Waals surface area contributed by atoms with Crippen molar-refractivity contribution in [3.63, 3.8) is 0 Å². The smallest absolute Gasteiger partial charge is 0.387 e. The highest BCUT2D eigenvalue weighted by Crippen LogP contribution is 2.51. The molecule has 1 amide bonds. The van der Waals surface area contributed by atoms with Crippen LogP contribution in [-0.2, 0) is 4.79 Å². The molecule has 0 bridgehead atoms. The quantitative estimate of drug-likeness (QED) is 0.354. The van der Waals surface area contributed by atoms with Gasteiger partial charge < -0.3 is 19.7 Å². The maximum absolute atomic E-state index is 13.7. The number of fused-ring (bicyclic) bond motifs is 2. The second-order valence-electron chi connectivity index (χ2n) is 8.28. The molecule has 3 aromatic rings. The van der Waals surface area contributed by atoms with Gasteiger partial charge in [0, 0.05) is 10.8 Å². The minimum Gasteiger partial charge on any atom is -0.492 e. The highest BCUT2D eigenvalue weighted by molar-refractivity contribution is 6.34. The van der Waals surface area contributed by atoms with E-state index in [9.17, 15) is 28.6 Å². The zero-order valence-corrected chi connectivity index (χ0v) is 20.3. The SMILES string of the molecule is CCCOc1c2c(c(OC(F)F)c3ccccc13)C(O)N(c1ccc(C(CC)C(=O)O)cc1Cl)C2=O. The van der Waals surface area contributed by atoms with E-state index in [1.54, 1.807) is 31.2 Å². The number of rotatable bonds is 9. The van der Waals surface area contributed by atoms with Gasteiger partial charge in [0.2, 0.25) is 0 Å². The first-order valence-corrected chi connectivity index (χ1v) is 11.8. The number of ether oxygens (including phenoxy) is 2. The predicted octanol–water partition coefficient (Wildman–Crippen LogP) is 6.11. The molecule has 0 radical (unpaired) electrons. The minimum absolute atomic E-state index is 0.0179. The summed E-state index contributed by atoms with van der Waals surface area (Å²) < 4.78 is 37.6. The van der Waals surface area contributed by atoms with Crippen molar-refractivity contribution in [2.24, 2.45) is 0 Å². The number of aliphatic hydroxyl groups is 1. The number of aliphatic carboxylic acids is 1. The molecule has 1 heterocycles. The van der Waals surface area contributed by atoms with E-state index in [0.717, 1.165) is 4.90 Å². The van der Waals surface area contributed by atoms with Crippen LogP contribution in [-0.4, -0.2) is 35.3 Å². The van der Waals surface area contributed by atoms with E-state index in [1.807, 2.05) is 6.92 Å². The average molecular weight is 520 g/mol. The number of hydrogen-bond donors (Lipinski definition) is 2. The summed E-state index contributed by atoms with van der Waals surface area (Å²) in [7, 11) is 0.